The van der Waals surface area contributed by atoms with Gasteiger partial charge < -0.3 is 10.6 Å². The molecule has 0 aromatic carbocycles. The van der Waals surface area contributed by atoms with E-state index < -0.39 is 5.54 Å². The van der Waals surface area contributed by atoms with Crippen LogP contribution in [0.1, 0.15) is 33.1 Å². The fourth-order valence-electron chi connectivity index (χ4n) is 2.72. The van der Waals surface area contributed by atoms with Crippen LogP contribution in [0.15, 0.2) is 0 Å². The number of nitrogens with zero attached hydrogens (tertiary/aromatic N) is 1. The van der Waals surface area contributed by atoms with Crippen molar-refractivity contribution in [2.24, 2.45) is 5.92 Å². The Morgan fingerprint density at radius 3 is 2.82 bits per heavy atom. The second-order valence-electron chi connectivity index (χ2n) is 5.25. The van der Waals surface area contributed by atoms with Crippen LogP contribution < -0.4 is 10.6 Å². The number of rotatable bonds is 4. The average Bonchev–Trinajstić information content (AvgIpc) is 2.82. The molecule has 0 aromatic heterocycles. The highest BCUT2D eigenvalue weighted by Crippen LogP contribution is 2.25. The molecule has 2 aliphatic rings. The molecule has 17 heavy (non-hydrogen) atoms. The van der Waals surface area contributed by atoms with Gasteiger partial charge in [0.05, 0.1) is 0 Å². The number of urea groups is 1. The van der Waals surface area contributed by atoms with Gasteiger partial charge in [0.1, 0.15) is 5.54 Å². The normalized spacial score (nSPS) is 30.1. The summed E-state index contributed by atoms with van der Waals surface area (Å²) >= 11 is 0. The van der Waals surface area contributed by atoms with Crippen molar-refractivity contribution in [3.8, 4) is 0 Å². The monoisotopic (exact) mass is 239 g/mol. The van der Waals surface area contributed by atoms with Crippen LogP contribution in [0, 0.1) is 5.92 Å². The van der Waals surface area contributed by atoms with Crippen LogP contribution in [0.3, 0.4) is 0 Å². The van der Waals surface area contributed by atoms with E-state index in [1.807, 2.05) is 0 Å². The molecule has 2 saturated heterocycles. The van der Waals surface area contributed by atoms with Gasteiger partial charge in [0, 0.05) is 13.1 Å². The standard InChI is InChI=1S/C12H21N3O2/c1-3-4-9(2)7-15-10(16)12(14-11(15)17)5-6-13-8-12/h9,13H,3-8H2,1-2H3,(H,14,17). The molecule has 0 saturated carbocycles. The molecule has 2 atom stereocenters. The lowest BCUT2D eigenvalue weighted by Crippen LogP contribution is -2.48. The van der Waals surface area contributed by atoms with Gasteiger partial charge in [0.15, 0.2) is 0 Å². The van der Waals surface area contributed by atoms with Gasteiger partial charge in [-0.05, 0) is 25.3 Å². The third kappa shape index (κ3) is 2.16. The van der Waals surface area contributed by atoms with E-state index in [0.717, 1.165) is 19.4 Å². The molecule has 2 aliphatic heterocycles. The van der Waals surface area contributed by atoms with Crippen molar-refractivity contribution in [3.05, 3.63) is 0 Å². The third-order valence-electron chi connectivity index (χ3n) is 3.68. The number of amides is 3. The Bertz CT molecular complexity index is 324. The number of nitrogens with one attached hydrogen (secondary N) is 2. The largest absolute Gasteiger partial charge is 0.325 e. The molecule has 2 rings (SSSR count). The minimum atomic E-state index is -0.650. The van der Waals surface area contributed by atoms with Crippen LogP contribution >= 0.6 is 0 Å². The molecule has 0 bridgehead atoms. The van der Waals surface area contributed by atoms with Crippen molar-refractivity contribution in [2.45, 2.75) is 38.6 Å². The van der Waals surface area contributed by atoms with Gasteiger partial charge in [-0.25, -0.2) is 4.79 Å². The quantitative estimate of drug-likeness (QED) is 0.710. The maximum absolute atomic E-state index is 12.3. The summed E-state index contributed by atoms with van der Waals surface area (Å²) < 4.78 is 0. The van der Waals surface area contributed by atoms with Gasteiger partial charge in [-0.3, -0.25) is 9.69 Å². The first kappa shape index (κ1) is 12.4. The highest BCUT2D eigenvalue weighted by Gasteiger charge is 2.52. The zero-order chi connectivity index (χ0) is 12.5. The van der Waals surface area contributed by atoms with Gasteiger partial charge in [-0.2, -0.15) is 0 Å². The first-order valence-corrected chi connectivity index (χ1v) is 6.44. The minimum Gasteiger partial charge on any atom is -0.322 e. The van der Waals surface area contributed by atoms with Gasteiger partial charge in [0.25, 0.3) is 5.91 Å². The molecule has 96 valence electrons. The summed E-state index contributed by atoms with van der Waals surface area (Å²) in [6.07, 6.45) is 2.83. The molecule has 0 aliphatic carbocycles. The predicted octanol–water partition coefficient (Wildman–Crippen LogP) is 0.707. The van der Waals surface area contributed by atoms with E-state index in [-0.39, 0.29) is 11.9 Å². The van der Waals surface area contributed by atoms with Crippen LogP contribution in [-0.2, 0) is 4.79 Å². The number of imide groups is 1. The zero-order valence-electron chi connectivity index (χ0n) is 10.6. The number of carbonyl (C=O) groups excluding carboxylic acids is 2. The molecule has 2 heterocycles. The van der Waals surface area contributed by atoms with E-state index in [1.54, 1.807) is 0 Å². The number of hydrogen-bond acceptors (Lipinski definition) is 3. The van der Waals surface area contributed by atoms with Crippen molar-refractivity contribution in [3.63, 3.8) is 0 Å². The zero-order valence-corrected chi connectivity index (χ0v) is 10.6. The van der Waals surface area contributed by atoms with Crippen molar-refractivity contribution in [1.29, 1.82) is 0 Å². The van der Waals surface area contributed by atoms with Crippen molar-refractivity contribution >= 4 is 11.9 Å². The summed E-state index contributed by atoms with van der Waals surface area (Å²) in [7, 11) is 0. The lowest BCUT2D eigenvalue weighted by Gasteiger charge is -2.21. The van der Waals surface area contributed by atoms with Gasteiger partial charge in [-0.1, -0.05) is 20.3 Å². The Morgan fingerprint density at radius 1 is 1.47 bits per heavy atom. The molecule has 5 nitrogen and oxygen atoms in total. The molecule has 2 unspecified atom stereocenters. The number of carbonyl (C=O) groups is 2. The summed E-state index contributed by atoms with van der Waals surface area (Å²) in [5, 5.41) is 5.99. The highest BCUT2D eigenvalue weighted by molar-refractivity contribution is 6.07. The predicted molar refractivity (Wildman–Crippen MR) is 64.5 cm³/mol. The van der Waals surface area contributed by atoms with Crippen LogP contribution in [0.25, 0.3) is 0 Å². The van der Waals surface area contributed by atoms with E-state index >= 15 is 0 Å². The van der Waals surface area contributed by atoms with E-state index in [9.17, 15) is 9.59 Å². The van der Waals surface area contributed by atoms with E-state index in [1.165, 1.54) is 4.90 Å². The second kappa shape index (κ2) is 4.64. The summed E-state index contributed by atoms with van der Waals surface area (Å²) in [6, 6.07) is -0.221. The van der Waals surface area contributed by atoms with Crippen LogP contribution in [0.5, 0.6) is 0 Å². The molecular weight excluding hydrogens is 218 g/mol. The van der Waals surface area contributed by atoms with Gasteiger partial charge in [-0.15, -0.1) is 0 Å². The summed E-state index contributed by atoms with van der Waals surface area (Å²) in [4.78, 5) is 25.5. The average molecular weight is 239 g/mol. The topological polar surface area (TPSA) is 61.4 Å². The summed E-state index contributed by atoms with van der Waals surface area (Å²) in [5.74, 6) is 0.328. The van der Waals surface area contributed by atoms with Crippen molar-refractivity contribution in [1.82, 2.24) is 15.5 Å². The molecule has 2 fully saturated rings. The van der Waals surface area contributed by atoms with E-state index in [4.69, 9.17) is 0 Å². The number of hydrogen-bond donors (Lipinski definition) is 2. The van der Waals surface area contributed by atoms with Crippen LogP contribution in [0.4, 0.5) is 4.79 Å². The molecular formula is C12H21N3O2. The molecule has 1 spiro atoms. The fourth-order valence-corrected chi connectivity index (χ4v) is 2.72. The Kier molecular flexibility index (Phi) is 3.38. The molecule has 3 amide bonds. The van der Waals surface area contributed by atoms with Crippen LogP contribution in [0.2, 0.25) is 0 Å². The summed E-state index contributed by atoms with van der Waals surface area (Å²) in [5.41, 5.74) is -0.650. The van der Waals surface area contributed by atoms with Crippen LogP contribution in [-0.4, -0.2) is 42.0 Å². The third-order valence-corrected chi connectivity index (χ3v) is 3.68. The van der Waals surface area contributed by atoms with Gasteiger partial charge >= 0.3 is 6.03 Å². The maximum atomic E-state index is 12.3. The van der Waals surface area contributed by atoms with Crippen molar-refractivity contribution in [2.75, 3.05) is 19.6 Å². The molecule has 5 heteroatoms. The Morgan fingerprint density at radius 2 is 2.24 bits per heavy atom. The lowest BCUT2D eigenvalue weighted by atomic mass is 9.98. The highest BCUT2D eigenvalue weighted by atomic mass is 16.2. The SMILES string of the molecule is CCCC(C)CN1C(=O)NC2(CCNC2)C1=O. The minimum absolute atomic E-state index is 0.0459. The van der Waals surface area contributed by atoms with E-state index in [0.29, 0.717) is 25.4 Å². The second-order valence-corrected chi connectivity index (χ2v) is 5.25. The van der Waals surface area contributed by atoms with Gasteiger partial charge in [0.2, 0.25) is 0 Å². The van der Waals surface area contributed by atoms with E-state index in [2.05, 4.69) is 24.5 Å². The Balaban J connectivity index is 2.04. The van der Waals surface area contributed by atoms with Crippen molar-refractivity contribution < 1.29 is 9.59 Å². The Labute approximate surface area is 102 Å². The summed E-state index contributed by atoms with van der Waals surface area (Å²) in [6.45, 7) is 6.10. The molecule has 2 N–H and O–H groups in total. The Hall–Kier alpha value is -1.10. The lowest BCUT2D eigenvalue weighted by molar-refractivity contribution is -0.131. The fraction of sp³-hybridized carbons (Fsp3) is 0.833. The smallest absolute Gasteiger partial charge is 0.322 e. The first-order chi connectivity index (χ1) is 8.09. The molecule has 0 aromatic rings. The molecule has 0 radical (unpaired) electrons. The first-order valence-electron chi connectivity index (χ1n) is 6.44. The maximum Gasteiger partial charge on any atom is 0.325 e.